The fraction of sp³-hybridized carbons (Fsp3) is 0.409. The molecule has 0 spiro atoms. The van der Waals surface area contributed by atoms with Crippen LogP contribution >= 0.6 is 11.6 Å². The highest BCUT2D eigenvalue weighted by molar-refractivity contribution is 6.33. The van der Waals surface area contributed by atoms with E-state index < -0.39 is 0 Å². The molecule has 3 aromatic heterocycles. The number of pyridine rings is 1. The summed E-state index contributed by atoms with van der Waals surface area (Å²) in [6.45, 7) is 1.28. The van der Waals surface area contributed by atoms with Gasteiger partial charge < -0.3 is 10.2 Å². The van der Waals surface area contributed by atoms with Gasteiger partial charge in [0.15, 0.2) is 5.69 Å². The van der Waals surface area contributed by atoms with Crippen molar-refractivity contribution in [3.8, 4) is 11.1 Å². The minimum Gasteiger partial charge on any atom is -0.351 e. The van der Waals surface area contributed by atoms with E-state index in [9.17, 15) is 4.79 Å². The van der Waals surface area contributed by atoms with Gasteiger partial charge in [0.2, 0.25) is 5.95 Å². The molecule has 1 amide bonds. The van der Waals surface area contributed by atoms with Gasteiger partial charge in [-0.15, -0.1) is 0 Å². The maximum atomic E-state index is 12.9. The van der Waals surface area contributed by atoms with E-state index in [0.717, 1.165) is 29.7 Å². The molecule has 2 aliphatic rings. The Kier molecular flexibility index (Phi) is 5.31. The number of piperidine rings is 1. The molecular formula is C22H24ClN7O. The number of hydrogen-bond donors (Lipinski definition) is 1. The number of likely N-dealkylation sites (tertiary alicyclic amines) is 1. The zero-order valence-corrected chi connectivity index (χ0v) is 18.1. The van der Waals surface area contributed by atoms with Crippen LogP contribution in [0.25, 0.3) is 11.1 Å². The SMILES string of the molecule is Cn1cc(Cl)c(C(=O)N2CCC(c3nc(NC4CC4)ncc3-c3ccncc3)CC2)n1. The van der Waals surface area contributed by atoms with Gasteiger partial charge in [-0.25, -0.2) is 9.97 Å². The zero-order valence-electron chi connectivity index (χ0n) is 17.3. The number of aryl methyl sites for hydroxylation is 1. The summed E-state index contributed by atoms with van der Waals surface area (Å²) >= 11 is 6.18. The third-order valence-electron chi connectivity index (χ3n) is 5.88. The van der Waals surface area contributed by atoms with Crippen molar-refractivity contribution in [3.05, 3.63) is 53.3 Å². The Bertz CT molecular complexity index is 1090. The van der Waals surface area contributed by atoms with E-state index in [2.05, 4.69) is 20.4 Å². The number of aromatic nitrogens is 5. The lowest BCUT2D eigenvalue weighted by Crippen LogP contribution is -2.38. The van der Waals surface area contributed by atoms with Crippen molar-refractivity contribution < 1.29 is 4.79 Å². The first-order valence-electron chi connectivity index (χ1n) is 10.6. The summed E-state index contributed by atoms with van der Waals surface area (Å²) < 4.78 is 1.57. The first kappa shape index (κ1) is 19.9. The highest BCUT2D eigenvalue weighted by Gasteiger charge is 2.30. The monoisotopic (exact) mass is 437 g/mol. The molecule has 8 nitrogen and oxygen atoms in total. The Morgan fingerprint density at radius 3 is 2.55 bits per heavy atom. The van der Waals surface area contributed by atoms with Gasteiger partial charge in [-0.05, 0) is 43.4 Å². The van der Waals surface area contributed by atoms with E-state index in [-0.39, 0.29) is 11.8 Å². The van der Waals surface area contributed by atoms with Gasteiger partial charge in [0.25, 0.3) is 5.91 Å². The molecule has 2 fully saturated rings. The predicted octanol–water partition coefficient (Wildman–Crippen LogP) is 3.52. The summed E-state index contributed by atoms with van der Waals surface area (Å²) in [4.78, 5) is 28.3. The van der Waals surface area contributed by atoms with Crippen LogP contribution in [0.5, 0.6) is 0 Å². The number of carbonyl (C=O) groups is 1. The third kappa shape index (κ3) is 4.25. The third-order valence-corrected chi connectivity index (χ3v) is 6.15. The van der Waals surface area contributed by atoms with E-state index in [1.165, 1.54) is 12.8 Å². The smallest absolute Gasteiger partial charge is 0.275 e. The van der Waals surface area contributed by atoms with Gasteiger partial charge in [0.1, 0.15) is 0 Å². The first-order chi connectivity index (χ1) is 15.1. The highest BCUT2D eigenvalue weighted by Crippen LogP contribution is 2.35. The molecule has 0 atom stereocenters. The summed E-state index contributed by atoms with van der Waals surface area (Å²) in [5, 5.41) is 8.02. The van der Waals surface area contributed by atoms with Gasteiger partial charge in [-0.2, -0.15) is 5.10 Å². The van der Waals surface area contributed by atoms with E-state index >= 15 is 0 Å². The summed E-state index contributed by atoms with van der Waals surface area (Å²) in [6.07, 6.45) is 11.1. The van der Waals surface area contributed by atoms with E-state index in [1.807, 2.05) is 23.2 Å². The van der Waals surface area contributed by atoms with Gasteiger partial charge in [0.05, 0.1) is 10.7 Å². The van der Waals surface area contributed by atoms with E-state index in [1.54, 1.807) is 30.3 Å². The molecule has 0 unspecified atom stereocenters. The maximum Gasteiger partial charge on any atom is 0.275 e. The van der Waals surface area contributed by atoms with Crippen molar-refractivity contribution >= 4 is 23.5 Å². The number of halogens is 1. The normalized spacial score (nSPS) is 17.0. The number of nitrogens with one attached hydrogen (secondary N) is 1. The number of carbonyl (C=O) groups excluding carboxylic acids is 1. The van der Waals surface area contributed by atoms with Crippen molar-refractivity contribution in [1.29, 1.82) is 0 Å². The minimum absolute atomic E-state index is 0.114. The second-order valence-corrected chi connectivity index (χ2v) is 8.62. The largest absolute Gasteiger partial charge is 0.351 e. The van der Waals surface area contributed by atoms with Crippen LogP contribution in [0.2, 0.25) is 5.02 Å². The fourth-order valence-corrected chi connectivity index (χ4v) is 4.31. The molecule has 1 aliphatic heterocycles. The lowest BCUT2D eigenvalue weighted by molar-refractivity contribution is 0.0705. The number of hydrogen-bond acceptors (Lipinski definition) is 6. The lowest BCUT2D eigenvalue weighted by atomic mass is 9.89. The first-order valence-corrected chi connectivity index (χ1v) is 11.0. The number of nitrogens with zero attached hydrogens (tertiary/aromatic N) is 6. The number of rotatable bonds is 5. The molecule has 0 radical (unpaired) electrons. The number of anilines is 1. The van der Waals surface area contributed by atoms with Crippen molar-refractivity contribution in [2.75, 3.05) is 18.4 Å². The molecule has 160 valence electrons. The topological polar surface area (TPSA) is 88.8 Å². The molecular weight excluding hydrogens is 414 g/mol. The average molecular weight is 438 g/mol. The Morgan fingerprint density at radius 2 is 1.90 bits per heavy atom. The van der Waals surface area contributed by atoms with Crippen molar-refractivity contribution in [2.45, 2.75) is 37.6 Å². The van der Waals surface area contributed by atoms with Crippen molar-refractivity contribution in [1.82, 2.24) is 29.6 Å². The Labute approximate surface area is 185 Å². The molecule has 1 N–H and O–H groups in total. The molecule has 1 saturated carbocycles. The second kappa shape index (κ2) is 8.26. The van der Waals surface area contributed by atoms with Crippen molar-refractivity contribution in [2.24, 2.45) is 7.05 Å². The van der Waals surface area contributed by atoms with Crippen LogP contribution in [0.15, 0.2) is 36.9 Å². The van der Waals surface area contributed by atoms with Crippen LogP contribution in [-0.4, -0.2) is 54.7 Å². The molecule has 5 rings (SSSR count). The van der Waals surface area contributed by atoms with Gasteiger partial charge in [-0.1, -0.05) is 11.6 Å². The van der Waals surface area contributed by atoms with Crippen LogP contribution in [-0.2, 0) is 7.05 Å². The molecule has 9 heteroatoms. The molecule has 3 aromatic rings. The molecule has 4 heterocycles. The molecule has 31 heavy (non-hydrogen) atoms. The van der Waals surface area contributed by atoms with Gasteiger partial charge in [-0.3, -0.25) is 14.5 Å². The van der Waals surface area contributed by atoms with Gasteiger partial charge in [0, 0.05) is 62.4 Å². The fourth-order valence-electron chi connectivity index (χ4n) is 4.05. The summed E-state index contributed by atoms with van der Waals surface area (Å²) in [7, 11) is 1.76. The molecule has 1 saturated heterocycles. The quantitative estimate of drug-likeness (QED) is 0.657. The highest BCUT2D eigenvalue weighted by atomic mass is 35.5. The second-order valence-electron chi connectivity index (χ2n) is 8.21. The minimum atomic E-state index is -0.114. The maximum absolute atomic E-state index is 12.9. The van der Waals surface area contributed by atoms with Crippen LogP contribution < -0.4 is 5.32 Å². The molecule has 1 aliphatic carbocycles. The van der Waals surface area contributed by atoms with Crippen LogP contribution in [0.1, 0.15) is 47.8 Å². The molecule has 0 aromatic carbocycles. The predicted molar refractivity (Wildman–Crippen MR) is 118 cm³/mol. The number of amides is 1. The summed E-state index contributed by atoms with van der Waals surface area (Å²) in [6, 6.07) is 4.46. The van der Waals surface area contributed by atoms with Gasteiger partial charge >= 0.3 is 0 Å². The standard InChI is InChI=1S/C22H24ClN7O/c1-29-13-18(23)20(28-29)21(31)30-10-6-15(7-11-30)19-17(14-4-8-24-9-5-14)12-25-22(27-19)26-16-2-3-16/h4-5,8-9,12-13,15-16H,2-3,6-7,10-11H2,1H3,(H,25,26,27). The average Bonchev–Trinajstić information content (AvgIpc) is 3.55. The van der Waals surface area contributed by atoms with Crippen LogP contribution in [0, 0.1) is 0 Å². The Morgan fingerprint density at radius 1 is 1.16 bits per heavy atom. The van der Waals surface area contributed by atoms with E-state index in [4.69, 9.17) is 16.6 Å². The van der Waals surface area contributed by atoms with Crippen LogP contribution in [0.3, 0.4) is 0 Å². The Hall–Kier alpha value is -3.00. The Balaban J connectivity index is 1.37. The lowest BCUT2D eigenvalue weighted by Gasteiger charge is -2.32. The summed E-state index contributed by atoms with van der Waals surface area (Å²) in [5.74, 6) is 0.820. The van der Waals surface area contributed by atoms with Crippen LogP contribution in [0.4, 0.5) is 5.95 Å². The van der Waals surface area contributed by atoms with E-state index in [0.29, 0.717) is 35.8 Å². The summed E-state index contributed by atoms with van der Waals surface area (Å²) in [5.41, 5.74) is 3.44. The van der Waals surface area contributed by atoms with Crippen molar-refractivity contribution in [3.63, 3.8) is 0 Å². The zero-order chi connectivity index (χ0) is 21.4. The molecule has 0 bridgehead atoms.